The number of halogens is 18. The molecular weight excluding hydrogens is 494 g/mol. The third-order valence-corrected chi connectivity index (χ3v) is 3.32. The van der Waals surface area contributed by atoms with Gasteiger partial charge >= 0.3 is 59.8 Å². The van der Waals surface area contributed by atoms with Gasteiger partial charge in [-0.1, -0.05) is 0 Å². The van der Waals surface area contributed by atoms with Gasteiger partial charge in [0.05, 0.1) is 0 Å². The van der Waals surface area contributed by atoms with Crippen molar-refractivity contribution in [1.82, 2.24) is 0 Å². The molecule has 1 heterocycles. The van der Waals surface area contributed by atoms with Crippen LogP contribution >= 0.6 is 0 Å². The van der Waals surface area contributed by atoms with Gasteiger partial charge in [0.25, 0.3) is 0 Å². The Morgan fingerprint density at radius 2 is 0.933 bits per heavy atom. The molecule has 0 aromatic rings. The second-order valence-electron chi connectivity index (χ2n) is 5.23. The zero-order chi connectivity index (χ0) is 24.6. The van der Waals surface area contributed by atoms with Crippen LogP contribution in [0.2, 0.25) is 0 Å². The normalized spacial score (nSPS) is 23.9. The highest BCUT2D eigenvalue weighted by Crippen LogP contribution is 2.65. The van der Waals surface area contributed by atoms with Crippen molar-refractivity contribution in [1.29, 1.82) is 0 Å². The van der Waals surface area contributed by atoms with Gasteiger partial charge in [0.2, 0.25) is 0 Å². The molecule has 0 saturated carbocycles. The van der Waals surface area contributed by atoms with Gasteiger partial charge in [-0.2, -0.15) is 79.0 Å². The molecule has 1 saturated heterocycles. The van der Waals surface area contributed by atoms with Gasteiger partial charge in [-0.25, -0.2) is 0 Å². The Bertz CT molecular complexity index is 715. The Balaban J connectivity index is 3.71. The largest absolute Gasteiger partial charge is 0.480 e. The topological polar surface area (TPSA) is 18.5 Å². The maximum absolute atomic E-state index is 13.7. The van der Waals surface area contributed by atoms with Gasteiger partial charge in [0, 0.05) is 0 Å². The van der Waals surface area contributed by atoms with Crippen molar-refractivity contribution in [2.75, 3.05) is 0 Å². The molecule has 0 aromatic heterocycles. The number of ether oxygens (including phenoxy) is 2. The van der Waals surface area contributed by atoms with Crippen LogP contribution in [0.25, 0.3) is 0 Å². The standard InChI is InChI=1S/C10F18O2/c11-1(12)2-29-8(23,10(27,28)30-2)6(19,20)4(15,16)3(13,14)5(17,18)7(21,22)9(24,25)26. The van der Waals surface area contributed by atoms with Crippen molar-refractivity contribution in [2.45, 2.75) is 47.8 Å². The summed E-state index contributed by atoms with van der Waals surface area (Å²) in [6, 6.07) is 0. The van der Waals surface area contributed by atoms with Gasteiger partial charge in [-0.15, -0.1) is 0 Å². The monoisotopic (exact) mass is 494 g/mol. The predicted molar refractivity (Wildman–Crippen MR) is 51.0 cm³/mol. The molecule has 178 valence electrons. The zero-order valence-electron chi connectivity index (χ0n) is 12.6. The van der Waals surface area contributed by atoms with Crippen LogP contribution in [-0.4, -0.2) is 47.8 Å². The summed E-state index contributed by atoms with van der Waals surface area (Å²) < 4.78 is 235. The molecule has 20 heteroatoms. The summed E-state index contributed by atoms with van der Waals surface area (Å²) in [5.74, 6) is -52.7. The average Bonchev–Trinajstić information content (AvgIpc) is 2.77. The fraction of sp³-hybridized carbons (Fsp3) is 0.800. The Morgan fingerprint density at radius 1 is 0.567 bits per heavy atom. The van der Waals surface area contributed by atoms with Gasteiger partial charge < -0.3 is 9.47 Å². The van der Waals surface area contributed by atoms with Crippen LogP contribution in [0.1, 0.15) is 0 Å². The minimum Gasteiger partial charge on any atom is -0.409 e. The highest BCUT2D eigenvalue weighted by molar-refractivity contribution is 5.16. The minimum absolute atomic E-state index is 2.31. The van der Waals surface area contributed by atoms with E-state index in [1.54, 1.807) is 0 Å². The summed E-state index contributed by atoms with van der Waals surface area (Å²) in [6.07, 6.45) is -18.4. The lowest BCUT2D eigenvalue weighted by Gasteiger charge is -2.42. The fourth-order valence-electron chi connectivity index (χ4n) is 1.69. The lowest BCUT2D eigenvalue weighted by molar-refractivity contribution is -0.469. The number of rotatable bonds is 5. The molecular formula is C10F18O2. The summed E-state index contributed by atoms with van der Waals surface area (Å²) in [5.41, 5.74) is 0. The molecule has 1 aliphatic rings. The zero-order valence-corrected chi connectivity index (χ0v) is 12.6. The molecule has 2 nitrogen and oxygen atoms in total. The predicted octanol–water partition coefficient (Wildman–Crippen LogP) is 6.10. The van der Waals surface area contributed by atoms with Gasteiger partial charge in [-0.05, 0) is 0 Å². The van der Waals surface area contributed by atoms with E-state index < -0.39 is 59.8 Å². The van der Waals surface area contributed by atoms with Crippen molar-refractivity contribution >= 4 is 0 Å². The summed E-state index contributed by atoms with van der Waals surface area (Å²) in [5, 5.41) is 0. The fourth-order valence-corrected chi connectivity index (χ4v) is 1.69. The van der Waals surface area contributed by atoms with Gasteiger partial charge in [0.1, 0.15) is 0 Å². The SMILES string of the molecule is FC(F)=C1OC(F)(F)C(F)(C(F)(F)C(F)(F)C(F)(F)C(F)(F)C(F)(F)C(F)(F)F)O1. The lowest BCUT2D eigenvalue weighted by Crippen LogP contribution is -2.74. The number of hydrogen-bond donors (Lipinski definition) is 0. The Morgan fingerprint density at radius 3 is 1.23 bits per heavy atom. The van der Waals surface area contributed by atoms with Crippen molar-refractivity contribution < 1.29 is 88.5 Å². The highest BCUT2D eigenvalue weighted by Gasteiger charge is 2.97. The first-order chi connectivity index (χ1) is 12.8. The minimum atomic E-state index is -8.65. The summed E-state index contributed by atoms with van der Waals surface area (Å²) >= 11 is 0. The van der Waals surface area contributed by atoms with E-state index in [0.717, 1.165) is 0 Å². The van der Waals surface area contributed by atoms with Gasteiger partial charge in [-0.3, -0.25) is 0 Å². The molecule has 1 rings (SSSR count). The molecule has 0 N–H and O–H groups in total. The van der Waals surface area contributed by atoms with Gasteiger partial charge in [0.15, 0.2) is 0 Å². The van der Waals surface area contributed by atoms with Crippen molar-refractivity contribution in [3.05, 3.63) is 12.0 Å². The van der Waals surface area contributed by atoms with Crippen LogP contribution in [0, 0.1) is 0 Å². The lowest BCUT2D eigenvalue weighted by atomic mass is 9.90. The van der Waals surface area contributed by atoms with E-state index in [4.69, 9.17) is 0 Å². The van der Waals surface area contributed by atoms with Crippen LogP contribution in [0.4, 0.5) is 79.0 Å². The third kappa shape index (κ3) is 2.91. The Labute approximate surface area is 150 Å². The molecule has 0 aliphatic carbocycles. The summed E-state index contributed by atoms with van der Waals surface area (Å²) in [7, 11) is 0. The average molecular weight is 494 g/mol. The molecule has 1 fully saturated rings. The second kappa shape index (κ2) is 6.30. The quantitative estimate of drug-likeness (QED) is 0.431. The maximum Gasteiger partial charge on any atom is 0.480 e. The Hall–Kier alpha value is -1.92. The Kier molecular flexibility index (Phi) is 5.48. The van der Waals surface area contributed by atoms with Crippen LogP contribution in [0.3, 0.4) is 0 Å². The first-order valence-electron chi connectivity index (χ1n) is 6.22. The molecule has 1 atom stereocenters. The van der Waals surface area contributed by atoms with Crippen molar-refractivity contribution in [3.8, 4) is 0 Å². The molecule has 1 unspecified atom stereocenters. The van der Waals surface area contributed by atoms with E-state index in [0.29, 0.717) is 0 Å². The molecule has 0 bridgehead atoms. The van der Waals surface area contributed by atoms with E-state index in [-0.39, 0.29) is 0 Å². The highest BCUT2D eigenvalue weighted by atomic mass is 19.4. The van der Waals surface area contributed by atoms with Crippen molar-refractivity contribution in [3.63, 3.8) is 0 Å². The smallest absolute Gasteiger partial charge is 0.409 e. The van der Waals surface area contributed by atoms with Crippen LogP contribution in [0.5, 0.6) is 0 Å². The maximum atomic E-state index is 13.7. The first-order valence-corrected chi connectivity index (χ1v) is 6.22. The number of hydrogen-bond acceptors (Lipinski definition) is 2. The third-order valence-electron chi connectivity index (χ3n) is 3.32. The van der Waals surface area contributed by atoms with E-state index in [9.17, 15) is 79.0 Å². The van der Waals surface area contributed by atoms with Crippen LogP contribution in [-0.2, 0) is 9.47 Å². The van der Waals surface area contributed by atoms with Crippen molar-refractivity contribution in [2.24, 2.45) is 0 Å². The van der Waals surface area contributed by atoms with Crippen LogP contribution < -0.4 is 0 Å². The first kappa shape index (κ1) is 26.1. The molecule has 0 aromatic carbocycles. The summed E-state index contributed by atoms with van der Waals surface area (Å²) in [6.45, 7) is 0. The van der Waals surface area contributed by atoms with E-state index in [1.165, 1.54) is 0 Å². The molecule has 1 aliphatic heterocycles. The van der Waals surface area contributed by atoms with E-state index >= 15 is 0 Å². The number of alkyl halides is 16. The van der Waals surface area contributed by atoms with Crippen LogP contribution in [0.15, 0.2) is 12.0 Å². The second-order valence-corrected chi connectivity index (χ2v) is 5.23. The molecule has 0 amide bonds. The molecule has 0 spiro atoms. The molecule has 30 heavy (non-hydrogen) atoms. The summed E-state index contributed by atoms with van der Waals surface area (Å²) in [4.78, 5) is 0. The van der Waals surface area contributed by atoms with E-state index in [2.05, 4.69) is 9.47 Å². The molecule has 0 radical (unpaired) electrons. The van der Waals surface area contributed by atoms with E-state index in [1.807, 2.05) is 0 Å².